The van der Waals surface area contributed by atoms with Gasteiger partial charge in [-0.1, -0.05) is 0 Å². The van der Waals surface area contributed by atoms with Crippen molar-refractivity contribution in [1.82, 2.24) is 4.98 Å². The molecule has 5 heteroatoms. The summed E-state index contributed by atoms with van der Waals surface area (Å²) in [6, 6.07) is 3.37. The van der Waals surface area contributed by atoms with Crippen molar-refractivity contribution in [2.24, 2.45) is 0 Å². The number of Topliss-reactive ketones (excluding diaryl/α,β-unsaturated/α-hetero) is 1. The fourth-order valence-electron chi connectivity index (χ4n) is 1.98. The number of nitrogens with zero attached hydrogens (tertiary/aromatic N) is 1. The lowest BCUT2D eigenvalue weighted by molar-refractivity contribution is -0.129. The second kappa shape index (κ2) is 6.00. The van der Waals surface area contributed by atoms with Crippen LogP contribution in [0.15, 0.2) is 23.4 Å². The maximum Gasteiger partial charge on any atom is 0.341 e. The molecule has 0 amide bonds. The standard InChI is InChI=1S/C13H15NO3S/c1-18-12-9(5-4-8-14-12)13(16)17-11-7-3-2-6-10(11)15/h4-5,8,11H,2-3,6-7H2,1H3. The Morgan fingerprint density at radius 2 is 2.33 bits per heavy atom. The summed E-state index contributed by atoms with van der Waals surface area (Å²) in [6.07, 6.45) is 5.90. The molecule has 96 valence electrons. The number of hydrogen-bond donors (Lipinski definition) is 0. The Bertz CT molecular complexity index is 461. The van der Waals surface area contributed by atoms with E-state index in [0.717, 1.165) is 12.8 Å². The third kappa shape index (κ3) is 2.90. The van der Waals surface area contributed by atoms with Gasteiger partial charge in [0.15, 0.2) is 11.9 Å². The lowest BCUT2D eigenvalue weighted by Crippen LogP contribution is -2.30. The predicted molar refractivity (Wildman–Crippen MR) is 68.7 cm³/mol. The second-order valence-electron chi connectivity index (χ2n) is 4.17. The first-order chi connectivity index (χ1) is 8.72. The van der Waals surface area contributed by atoms with Crippen molar-refractivity contribution in [3.8, 4) is 0 Å². The molecule has 0 radical (unpaired) electrons. The molecular formula is C13H15NO3S. The summed E-state index contributed by atoms with van der Waals surface area (Å²) in [5, 5.41) is 0.630. The smallest absolute Gasteiger partial charge is 0.341 e. The van der Waals surface area contributed by atoms with Gasteiger partial charge in [0.1, 0.15) is 5.03 Å². The largest absolute Gasteiger partial charge is 0.451 e. The molecule has 1 aromatic rings. The number of carbonyl (C=O) groups is 2. The van der Waals surface area contributed by atoms with E-state index in [2.05, 4.69) is 4.98 Å². The molecule has 1 atom stereocenters. The molecule has 1 fully saturated rings. The van der Waals surface area contributed by atoms with Gasteiger partial charge >= 0.3 is 5.97 Å². The molecule has 0 N–H and O–H groups in total. The zero-order valence-corrected chi connectivity index (χ0v) is 11.0. The SMILES string of the molecule is CSc1ncccc1C(=O)OC1CCCCC1=O. The lowest BCUT2D eigenvalue weighted by atomic mass is 9.96. The number of pyridine rings is 1. The monoisotopic (exact) mass is 265 g/mol. The van der Waals surface area contributed by atoms with Crippen LogP contribution in [0.3, 0.4) is 0 Å². The molecule has 1 aromatic heterocycles. The first-order valence-electron chi connectivity index (χ1n) is 5.95. The van der Waals surface area contributed by atoms with E-state index < -0.39 is 12.1 Å². The first kappa shape index (κ1) is 13.1. The minimum atomic E-state index is -0.568. The van der Waals surface area contributed by atoms with E-state index >= 15 is 0 Å². The number of rotatable bonds is 3. The predicted octanol–water partition coefficient (Wildman–Crippen LogP) is 2.47. The quantitative estimate of drug-likeness (QED) is 0.620. The van der Waals surface area contributed by atoms with Gasteiger partial charge in [0.05, 0.1) is 5.56 Å². The van der Waals surface area contributed by atoms with Gasteiger partial charge in [-0.15, -0.1) is 11.8 Å². The zero-order valence-electron chi connectivity index (χ0n) is 10.2. The molecule has 1 aliphatic rings. The Kier molecular flexibility index (Phi) is 4.36. The van der Waals surface area contributed by atoms with Gasteiger partial charge in [-0.3, -0.25) is 4.79 Å². The van der Waals surface area contributed by atoms with Crippen LogP contribution in [0.4, 0.5) is 0 Å². The van der Waals surface area contributed by atoms with Crippen LogP contribution in [0.2, 0.25) is 0 Å². The van der Waals surface area contributed by atoms with Crippen molar-refractivity contribution >= 4 is 23.5 Å². The number of thioether (sulfide) groups is 1. The van der Waals surface area contributed by atoms with Crippen molar-refractivity contribution in [1.29, 1.82) is 0 Å². The topological polar surface area (TPSA) is 56.3 Å². The van der Waals surface area contributed by atoms with E-state index in [0.29, 0.717) is 23.4 Å². The minimum absolute atomic E-state index is 0.0317. The highest BCUT2D eigenvalue weighted by atomic mass is 32.2. The summed E-state index contributed by atoms with van der Waals surface area (Å²) in [5.74, 6) is -0.420. The molecule has 18 heavy (non-hydrogen) atoms. The number of carbonyl (C=O) groups excluding carboxylic acids is 2. The molecule has 0 aliphatic heterocycles. The first-order valence-corrected chi connectivity index (χ1v) is 7.17. The molecule has 1 aliphatic carbocycles. The molecule has 0 saturated heterocycles. The van der Waals surface area contributed by atoms with Gasteiger partial charge in [0, 0.05) is 12.6 Å². The van der Waals surface area contributed by atoms with Crippen LogP contribution >= 0.6 is 11.8 Å². The van der Waals surface area contributed by atoms with Crippen LogP contribution in [-0.4, -0.2) is 29.1 Å². The highest BCUT2D eigenvalue weighted by molar-refractivity contribution is 7.98. The lowest BCUT2D eigenvalue weighted by Gasteiger charge is -2.20. The van der Waals surface area contributed by atoms with Crippen LogP contribution in [0.25, 0.3) is 0 Å². The van der Waals surface area contributed by atoms with Crippen LogP contribution in [-0.2, 0) is 9.53 Å². The summed E-state index contributed by atoms with van der Waals surface area (Å²) in [4.78, 5) is 27.7. The van der Waals surface area contributed by atoms with E-state index in [-0.39, 0.29) is 5.78 Å². The highest BCUT2D eigenvalue weighted by Gasteiger charge is 2.27. The molecule has 0 bridgehead atoms. The summed E-state index contributed by atoms with van der Waals surface area (Å²) < 4.78 is 5.29. The number of ether oxygens (including phenoxy) is 1. The average Bonchev–Trinajstić information content (AvgIpc) is 2.41. The Morgan fingerprint density at radius 1 is 1.50 bits per heavy atom. The molecule has 2 rings (SSSR count). The average molecular weight is 265 g/mol. The number of aromatic nitrogens is 1. The van der Waals surface area contributed by atoms with Gasteiger partial charge in [0.25, 0.3) is 0 Å². The van der Waals surface area contributed by atoms with Crippen molar-refractivity contribution in [3.63, 3.8) is 0 Å². The number of ketones is 1. The Balaban J connectivity index is 2.09. The van der Waals surface area contributed by atoms with Crippen LogP contribution in [0.1, 0.15) is 36.0 Å². The second-order valence-corrected chi connectivity index (χ2v) is 4.96. The van der Waals surface area contributed by atoms with E-state index in [9.17, 15) is 9.59 Å². The molecule has 1 heterocycles. The van der Waals surface area contributed by atoms with E-state index in [1.165, 1.54) is 11.8 Å². The Labute approximate surface area is 110 Å². The Hall–Kier alpha value is -1.36. The molecule has 0 aromatic carbocycles. The number of esters is 1. The third-order valence-electron chi connectivity index (χ3n) is 2.93. The fourth-order valence-corrected chi connectivity index (χ4v) is 2.51. The summed E-state index contributed by atoms with van der Waals surface area (Å²) >= 11 is 1.39. The van der Waals surface area contributed by atoms with E-state index in [4.69, 9.17) is 4.74 Å². The molecule has 0 spiro atoms. The van der Waals surface area contributed by atoms with Crippen molar-refractivity contribution in [2.45, 2.75) is 36.8 Å². The van der Waals surface area contributed by atoms with Crippen LogP contribution < -0.4 is 0 Å². The van der Waals surface area contributed by atoms with Gasteiger partial charge < -0.3 is 4.74 Å². The molecule has 4 nitrogen and oxygen atoms in total. The maximum atomic E-state index is 12.0. The normalized spacial score (nSPS) is 19.6. The minimum Gasteiger partial charge on any atom is -0.451 e. The summed E-state index contributed by atoms with van der Waals surface area (Å²) in [7, 11) is 0. The van der Waals surface area contributed by atoms with Crippen molar-refractivity contribution in [2.75, 3.05) is 6.26 Å². The van der Waals surface area contributed by atoms with E-state index in [1.54, 1.807) is 18.3 Å². The van der Waals surface area contributed by atoms with Gasteiger partial charge in [-0.25, -0.2) is 9.78 Å². The summed E-state index contributed by atoms with van der Waals surface area (Å²) in [5.41, 5.74) is 0.434. The third-order valence-corrected chi connectivity index (χ3v) is 3.64. The van der Waals surface area contributed by atoms with Crippen LogP contribution in [0, 0.1) is 0 Å². The Morgan fingerprint density at radius 3 is 3.06 bits per heavy atom. The van der Waals surface area contributed by atoms with Crippen molar-refractivity contribution < 1.29 is 14.3 Å². The highest BCUT2D eigenvalue weighted by Crippen LogP contribution is 2.22. The van der Waals surface area contributed by atoms with Crippen molar-refractivity contribution in [3.05, 3.63) is 23.9 Å². The van der Waals surface area contributed by atoms with E-state index in [1.807, 2.05) is 6.26 Å². The molecular weight excluding hydrogens is 250 g/mol. The zero-order chi connectivity index (χ0) is 13.0. The fraction of sp³-hybridized carbons (Fsp3) is 0.462. The molecule has 1 saturated carbocycles. The van der Waals surface area contributed by atoms with Gasteiger partial charge in [0.2, 0.25) is 0 Å². The van der Waals surface area contributed by atoms with Gasteiger partial charge in [-0.2, -0.15) is 0 Å². The number of hydrogen-bond acceptors (Lipinski definition) is 5. The maximum absolute atomic E-state index is 12.0. The van der Waals surface area contributed by atoms with Gasteiger partial charge in [-0.05, 0) is 37.7 Å². The summed E-state index contributed by atoms with van der Waals surface area (Å²) in [6.45, 7) is 0. The van der Waals surface area contributed by atoms with Crippen LogP contribution in [0.5, 0.6) is 0 Å². The molecule has 1 unspecified atom stereocenters.